The maximum Gasteiger partial charge on any atom is 0.220 e. The van der Waals surface area contributed by atoms with Crippen LogP contribution in [0.1, 0.15) is 24.6 Å². The summed E-state index contributed by atoms with van der Waals surface area (Å²) in [6.45, 7) is 0.983. The van der Waals surface area contributed by atoms with Gasteiger partial charge in [-0.25, -0.2) is 14.4 Å². The van der Waals surface area contributed by atoms with Gasteiger partial charge in [0.1, 0.15) is 5.82 Å². The Bertz CT molecular complexity index is 558. The molecule has 5 heteroatoms. The van der Waals surface area contributed by atoms with Gasteiger partial charge >= 0.3 is 0 Å². The predicted octanol–water partition coefficient (Wildman–Crippen LogP) is 1.78. The molecule has 4 nitrogen and oxygen atoms in total. The minimum Gasteiger partial charge on any atom is -0.368 e. The molecule has 1 aliphatic heterocycles. The van der Waals surface area contributed by atoms with Crippen LogP contribution >= 0.6 is 0 Å². The molecule has 2 heterocycles. The number of nitrogens with one attached hydrogen (secondary N) is 1. The van der Waals surface area contributed by atoms with E-state index in [0.29, 0.717) is 5.52 Å². The van der Waals surface area contributed by atoms with Gasteiger partial charge in [-0.1, -0.05) is 0 Å². The molecule has 17 heavy (non-hydrogen) atoms. The topological polar surface area (TPSA) is 63.8 Å². The number of fused-ring (bicyclic) bond motifs is 1. The fourth-order valence-electron chi connectivity index (χ4n) is 2.33. The van der Waals surface area contributed by atoms with Gasteiger partial charge < -0.3 is 11.1 Å². The highest BCUT2D eigenvalue weighted by Crippen LogP contribution is 2.28. The van der Waals surface area contributed by atoms with Gasteiger partial charge in [-0.05, 0) is 31.5 Å². The number of aromatic nitrogens is 2. The Balaban J connectivity index is 2.21. The van der Waals surface area contributed by atoms with E-state index in [1.54, 1.807) is 6.07 Å². The van der Waals surface area contributed by atoms with Gasteiger partial charge in [-0.15, -0.1) is 0 Å². The summed E-state index contributed by atoms with van der Waals surface area (Å²) in [5.41, 5.74) is 7.12. The van der Waals surface area contributed by atoms with Gasteiger partial charge in [0.2, 0.25) is 5.95 Å². The molecule has 2 aromatic rings. The van der Waals surface area contributed by atoms with Crippen LogP contribution in [0.15, 0.2) is 18.2 Å². The van der Waals surface area contributed by atoms with Crippen LogP contribution in [-0.4, -0.2) is 16.5 Å². The van der Waals surface area contributed by atoms with Crippen molar-refractivity contribution >= 4 is 16.9 Å². The van der Waals surface area contributed by atoms with Gasteiger partial charge in [0.25, 0.3) is 0 Å². The van der Waals surface area contributed by atoms with E-state index >= 15 is 0 Å². The smallest absolute Gasteiger partial charge is 0.220 e. The Morgan fingerprint density at radius 1 is 1.35 bits per heavy atom. The van der Waals surface area contributed by atoms with Gasteiger partial charge in [-0.3, -0.25) is 0 Å². The molecule has 88 valence electrons. The van der Waals surface area contributed by atoms with Crippen LogP contribution in [0.4, 0.5) is 10.3 Å². The lowest BCUT2D eigenvalue weighted by Gasteiger charge is -2.12. The fraction of sp³-hybridized carbons (Fsp3) is 0.333. The Kier molecular flexibility index (Phi) is 2.40. The Hall–Kier alpha value is -1.75. The third-order valence-electron chi connectivity index (χ3n) is 3.10. The number of hydrogen-bond acceptors (Lipinski definition) is 4. The van der Waals surface area contributed by atoms with Crippen molar-refractivity contribution in [2.45, 2.75) is 18.9 Å². The fourth-order valence-corrected chi connectivity index (χ4v) is 2.33. The van der Waals surface area contributed by atoms with Crippen LogP contribution in [0.3, 0.4) is 0 Å². The van der Waals surface area contributed by atoms with E-state index < -0.39 is 0 Å². The van der Waals surface area contributed by atoms with Crippen molar-refractivity contribution in [3.8, 4) is 0 Å². The number of rotatable bonds is 1. The van der Waals surface area contributed by atoms with Gasteiger partial charge in [0.05, 0.1) is 17.3 Å². The highest BCUT2D eigenvalue weighted by atomic mass is 19.1. The van der Waals surface area contributed by atoms with Gasteiger partial charge in [0, 0.05) is 11.5 Å². The quantitative estimate of drug-likeness (QED) is 0.786. The summed E-state index contributed by atoms with van der Waals surface area (Å²) in [7, 11) is 0. The zero-order valence-electron chi connectivity index (χ0n) is 9.28. The van der Waals surface area contributed by atoms with Crippen LogP contribution in [0, 0.1) is 5.82 Å². The Labute approximate surface area is 98.1 Å². The van der Waals surface area contributed by atoms with Crippen molar-refractivity contribution in [2.24, 2.45) is 0 Å². The summed E-state index contributed by atoms with van der Waals surface area (Å²) in [4.78, 5) is 8.36. The van der Waals surface area contributed by atoms with Crippen molar-refractivity contribution in [3.05, 3.63) is 29.7 Å². The zero-order valence-corrected chi connectivity index (χ0v) is 9.28. The Morgan fingerprint density at radius 2 is 2.24 bits per heavy atom. The van der Waals surface area contributed by atoms with E-state index in [1.165, 1.54) is 12.1 Å². The largest absolute Gasteiger partial charge is 0.368 e. The number of nitrogen functional groups attached to an aromatic ring is 1. The van der Waals surface area contributed by atoms with Crippen molar-refractivity contribution in [1.82, 2.24) is 15.3 Å². The minimum absolute atomic E-state index is 0.201. The molecule has 1 unspecified atom stereocenters. The van der Waals surface area contributed by atoms with Gasteiger partial charge in [-0.2, -0.15) is 0 Å². The number of nitrogens with zero attached hydrogens (tertiary/aromatic N) is 2. The molecule has 1 aromatic heterocycles. The molecule has 1 aliphatic rings. The van der Waals surface area contributed by atoms with Crippen LogP contribution < -0.4 is 11.1 Å². The summed E-state index contributed by atoms with van der Waals surface area (Å²) in [6, 6.07) is 4.75. The van der Waals surface area contributed by atoms with Crippen molar-refractivity contribution < 1.29 is 4.39 Å². The molecule has 3 N–H and O–H groups in total. The van der Waals surface area contributed by atoms with Crippen LogP contribution in [0.25, 0.3) is 10.9 Å². The molecule has 0 radical (unpaired) electrons. The lowest BCUT2D eigenvalue weighted by molar-refractivity contribution is 0.625. The highest BCUT2D eigenvalue weighted by molar-refractivity contribution is 5.82. The summed E-state index contributed by atoms with van der Waals surface area (Å²) in [6.07, 6.45) is 2.15. The number of halogens is 1. The van der Waals surface area contributed by atoms with Gasteiger partial charge in [0.15, 0.2) is 0 Å². The first-order valence-corrected chi connectivity index (χ1v) is 5.70. The molecular formula is C12H13FN4. The third-order valence-corrected chi connectivity index (χ3v) is 3.10. The van der Waals surface area contributed by atoms with E-state index in [1.807, 2.05) is 0 Å². The Morgan fingerprint density at radius 3 is 3.00 bits per heavy atom. The normalized spacial score (nSPS) is 19.9. The van der Waals surface area contributed by atoms with Crippen molar-refractivity contribution in [1.29, 1.82) is 0 Å². The molecule has 1 saturated heterocycles. The van der Waals surface area contributed by atoms with E-state index in [4.69, 9.17) is 5.73 Å². The number of nitrogens with two attached hydrogens (primary N) is 1. The molecule has 0 spiro atoms. The maximum atomic E-state index is 13.2. The molecule has 0 saturated carbocycles. The summed E-state index contributed by atoms with van der Waals surface area (Å²) < 4.78 is 13.2. The van der Waals surface area contributed by atoms with Crippen LogP contribution in [0.2, 0.25) is 0 Å². The minimum atomic E-state index is -0.305. The average Bonchev–Trinajstić information content (AvgIpc) is 2.80. The molecule has 1 atom stereocenters. The molecule has 0 amide bonds. The maximum absolute atomic E-state index is 13.2. The standard InChI is InChI=1S/C12H13FN4/c13-7-3-4-8-10(6-7)16-12(14)17-11(8)9-2-1-5-15-9/h3-4,6,9,15H,1-2,5H2,(H2,14,16,17). The zero-order chi connectivity index (χ0) is 11.8. The molecule has 0 aliphatic carbocycles. The lowest BCUT2D eigenvalue weighted by atomic mass is 10.1. The highest BCUT2D eigenvalue weighted by Gasteiger charge is 2.20. The SMILES string of the molecule is Nc1nc(C2CCCN2)c2ccc(F)cc2n1. The van der Waals surface area contributed by atoms with Crippen LogP contribution in [-0.2, 0) is 0 Å². The lowest BCUT2D eigenvalue weighted by Crippen LogP contribution is -2.16. The first-order valence-electron chi connectivity index (χ1n) is 5.70. The number of anilines is 1. The molecule has 1 aromatic carbocycles. The summed E-state index contributed by atoms with van der Waals surface area (Å²) in [5, 5.41) is 4.24. The van der Waals surface area contributed by atoms with E-state index in [0.717, 1.165) is 30.5 Å². The number of hydrogen-bond donors (Lipinski definition) is 2. The second-order valence-electron chi connectivity index (χ2n) is 4.28. The predicted molar refractivity (Wildman–Crippen MR) is 63.9 cm³/mol. The van der Waals surface area contributed by atoms with E-state index in [9.17, 15) is 4.39 Å². The molecular weight excluding hydrogens is 219 g/mol. The van der Waals surface area contributed by atoms with E-state index in [-0.39, 0.29) is 17.8 Å². The first-order chi connectivity index (χ1) is 8.24. The molecule has 1 fully saturated rings. The van der Waals surface area contributed by atoms with Crippen molar-refractivity contribution in [3.63, 3.8) is 0 Å². The third kappa shape index (κ3) is 1.82. The first kappa shape index (κ1) is 10.4. The second kappa shape index (κ2) is 3.92. The average molecular weight is 232 g/mol. The molecule has 3 rings (SSSR count). The molecule has 0 bridgehead atoms. The second-order valence-corrected chi connectivity index (χ2v) is 4.28. The monoisotopic (exact) mass is 232 g/mol. The number of benzene rings is 1. The van der Waals surface area contributed by atoms with Crippen molar-refractivity contribution in [2.75, 3.05) is 12.3 Å². The van der Waals surface area contributed by atoms with Crippen LogP contribution in [0.5, 0.6) is 0 Å². The summed E-state index contributed by atoms with van der Waals surface area (Å²) in [5.74, 6) is -0.104. The van der Waals surface area contributed by atoms with E-state index in [2.05, 4.69) is 15.3 Å². The summed E-state index contributed by atoms with van der Waals surface area (Å²) >= 11 is 0.